The zero-order chi connectivity index (χ0) is 25.5. The Kier molecular flexibility index (Phi) is 9.47. The first kappa shape index (κ1) is 27.1. The van der Waals surface area contributed by atoms with E-state index >= 15 is 0 Å². The van der Waals surface area contributed by atoms with E-state index in [1.165, 1.54) is 11.8 Å². The minimum absolute atomic E-state index is 0.0116. The van der Waals surface area contributed by atoms with Crippen LogP contribution in [0.5, 0.6) is 0 Å². The lowest BCUT2D eigenvalue weighted by Gasteiger charge is -2.36. The maximum atomic E-state index is 11.8. The Morgan fingerprint density at radius 3 is 2.28 bits per heavy atom. The van der Waals surface area contributed by atoms with Crippen LogP contribution in [-0.4, -0.2) is 36.6 Å². The quantitative estimate of drug-likeness (QED) is 0.217. The molecule has 0 saturated carbocycles. The molecule has 2 heterocycles. The second-order valence-electron chi connectivity index (χ2n) is 8.11. The largest absolute Gasteiger partial charge is 0.392 e. The number of hydrogen-bond acceptors (Lipinski definition) is 7. The number of carbonyl (C=O) groups excluding carboxylic acids is 1. The number of aromatic nitrogens is 2. The first-order valence-electron chi connectivity index (χ1n) is 11.2. The molecule has 1 aliphatic rings. The number of nitrogens with one attached hydrogen (secondary N) is 1. The van der Waals surface area contributed by atoms with Crippen molar-refractivity contribution in [3.8, 4) is 0 Å². The third-order valence-corrected chi connectivity index (χ3v) is 7.04. The molecule has 3 atom stereocenters. The van der Waals surface area contributed by atoms with Crippen LogP contribution in [0.3, 0.4) is 0 Å². The van der Waals surface area contributed by atoms with Gasteiger partial charge in [-0.2, -0.15) is 0 Å². The molecule has 4 rings (SSSR count). The molecule has 11 heteroatoms. The Bertz CT molecular complexity index is 1130. The minimum atomic E-state index is -2.01. The second kappa shape index (κ2) is 12.6. The predicted molar refractivity (Wildman–Crippen MR) is 140 cm³/mol. The summed E-state index contributed by atoms with van der Waals surface area (Å²) in [6.07, 6.45) is 3.20. The number of amides is 1. The van der Waals surface area contributed by atoms with E-state index in [0.717, 1.165) is 22.3 Å². The fraction of sp³-hybridized carbons (Fsp3) is 0.320. The Morgan fingerprint density at radius 1 is 1.00 bits per heavy atom. The number of thioether (sulfide) groups is 1. The van der Waals surface area contributed by atoms with Crippen LogP contribution in [-0.2, 0) is 27.4 Å². The molecule has 1 fully saturated rings. The van der Waals surface area contributed by atoms with E-state index in [1.54, 1.807) is 18.5 Å². The highest BCUT2D eigenvalue weighted by Crippen LogP contribution is 2.39. The molecule has 2 aromatic carbocycles. The van der Waals surface area contributed by atoms with Gasteiger partial charge in [-0.1, -0.05) is 95.1 Å². The van der Waals surface area contributed by atoms with Crippen LogP contribution < -0.4 is 5.32 Å². The van der Waals surface area contributed by atoms with Crippen molar-refractivity contribution in [2.75, 3.05) is 5.75 Å². The number of nitrogens with zero attached hydrogens (tertiary/aromatic N) is 2. The average Bonchev–Trinajstić information content (AvgIpc) is 2.90. The third-order valence-electron chi connectivity index (χ3n) is 5.52. The molecule has 3 aromatic rings. The molecule has 1 aromatic heterocycles. The van der Waals surface area contributed by atoms with Gasteiger partial charge in [-0.15, -0.1) is 0 Å². The van der Waals surface area contributed by atoms with Crippen LogP contribution >= 0.6 is 46.6 Å². The lowest BCUT2D eigenvalue weighted by atomic mass is 10.0. The summed E-state index contributed by atoms with van der Waals surface area (Å²) in [7, 11) is 0. The van der Waals surface area contributed by atoms with Gasteiger partial charge in [0.2, 0.25) is 0 Å². The highest BCUT2D eigenvalue weighted by Gasteiger charge is 2.33. The summed E-state index contributed by atoms with van der Waals surface area (Å²) in [6, 6.07) is 17.0. The fourth-order valence-corrected chi connectivity index (χ4v) is 4.65. The standard InChI is InChI=1S/C25H24Cl3N3O4S/c26-25(27,28)23(33)31-13-16-2-8-19(9-3-16)22-34-20(15-36-24-29-10-1-11-30-24)12-21(35-22)18-6-4-17(14-32)5-7-18/h1-11,20-22,32H,12-15H2,(H,31,33). The lowest BCUT2D eigenvalue weighted by molar-refractivity contribution is -0.245. The van der Waals surface area contributed by atoms with E-state index in [-0.39, 0.29) is 25.4 Å². The van der Waals surface area contributed by atoms with Crippen LogP contribution in [0.2, 0.25) is 0 Å². The van der Waals surface area contributed by atoms with Gasteiger partial charge >= 0.3 is 0 Å². The second-order valence-corrected chi connectivity index (χ2v) is 11.4. The average molecular weight is 569 g/mol. The molecule has 0 spiro atoms. The zero-order valence-corrected chi connectivity index (χ0v) is 22.1. The summed E-state index contributed by atoms with van der Waals surface area (Å²) in [5.41, 5.74) is 3.53. The molecule has 0 bridgehead atoms. The number of benzene rings is 2. The van der Waals surface area contributed by atoms with E-state index < -0.39 is 16.0 Å². The van der Waals surface area contributed by atoms with Crippen LogP contribution in [0.25, 0.3) is 0 Å². The molecule has 1 aliphatic heterocycles. The number of ether oxygens (including phenoxy) is 2. The number of carbonyl (C=O) groups is 1. The van der Waals surface area contributed by atoms with E-state index in [9.17, 15) is 9.90 Å². The molecular formula is C25H24Cl3N3O4S. The summed E-state index contributed by atoms with van der Waals surface area (Å²) in [5, 5.41) is 12.6. The van der Waals surface area contributed by atoms with Crippen molar-refractivity contribution in [1.29, 1.82) is 0 Å². The minimum Gasteiger partial charge on any atom is -0.392 e. The lowest BCUT2D eigenvalue weighted by Crippen LogP contribution is -2.34. The fourth-order valence-electron chi connectivity index (χ4n) is 3.63. The first-order valence-corrected chi connectivity index (χ1v) is 13.3. The molecule has 1 amide bonds. The number of aliphatic hydroxyl groups is 1. The molecule has 36 heavy (non-hydrogen) atoms. The predicted octanol–water partition coefficient (Wildman–Crippen LogP) is 5.29. The normalized spacial score (nSPS) is 20.2. The summed E-state index contributed by atoms with van der Waals surface area (Å²) < 4.78 is 10.7. The summed E-state index contributed by atoms with van der Waals surface area (Å²) in [6.45, 7) is 0.206. The van der Waals surface area contributed by atoms with E-state index in [1.807, 2.05) is 48.5 Å². The van der Waals surface area contributed by atoms with Crippen molar-refractivity contribution in [3.63, 3.8) is 0 Å². The van der Waals surface area contributed by atoms with E-state index in [2.05, 4.69) is 15.3 Å². The summed E-state index contributed by atoms with van der Waals surface area (Å²) in [4.78, 5) is 20.3. The van der Waals surface area contributed by atoms with Gasteiger partial charge in [-0.05, 0) is 22.8 Å². The number of aliphatic hydroxyl groups excluding tert-OH is 1. The van der Waals surface area contributed by atoms with Crippen molar-refractivity contribution in [3.05, 3.63) is 89.2 Å². The summed E-state index contributed by atoms with van der Waals surface area (Å²) >= 11 is 18.3. The van der Waals surface area contributed by atoms with Crippen molar-refractivity contribution < 1.29 is 19.4 Å². The van der Waals surface area contributed by atoms with E-state index in [4.69, 9.17) is 44.3 Å². The molecule has 0 radical (unpaired) electrons. The van der Waals surface area contributed by atoms with Gasteiger partial charge in [0.05, 0.1) is 18.8 Å². The SMILES string of the molecule is O=C(NCc1ccc(C2OC(CSc3ncccn3)CC(c3ccc(CO)cc3)O2)cc1)C(Cl)(Cl)Cl. The first-order chi connectivity index (χ1) is 17.3. The molecule has 190 valence electrons. The van der Waals surface area contributed by atoms with Crippen molar-refractivity contribution >= 4 is 52.5 Å². The molecular weight excluding hydrogens is 545 g/mol. The molecule has 1 saturated heterocycles. The maximum absolute atomic E-state index is 11.8. The van der Waals surface area contributed by atoms with Gasteiger partial charge in [0, 0.05) is 36.7 Å². The van der Waals surface area contributed by atoms with Gasteiger partial charge in [0.25, 0.3) is 9.70 Å². The summed E-state index contributed by atoms with van der Waals surface area (Å²) in [5.74, 6) is -0.0238. The number of hydrogen-bond donors (Lipinski definition) is 2. The highest BCUT2D eigenvalue weighted by atomic mass is 35.6. The van der Waals surface area contributed by atoms with Gasteiger partial charge in [-0.3, -0.25) is 4.79 Å². The van der Waals surface area contributed by atoms with Crippen LogP contribution in [0.15, 0.2) is 72.1 Å². The van der Waals surface area contributed by atoms with Crippen LogP contribution in [0, 0.1) is 0 Å². The Morgan fingerprint density at radius 2 is 1.64 bits per heavy atom. The zero-order valence-electron chi connectivity index (χ0n) is 19.0. The number of rotatable bonds is 8. The molecule has 7 nitrogen and oxygen atoms in total. The van der Waals surface area contributed by atoms with Crippen LogP contribution in [0.1, 0.15) is 41.1 Å². The van der Waals surface area contributed by atoms with Crippen molar-refractivity contribution in [2.45, 2.75) is 47.0 Å². The number of alkyl halides is 3. The smallest absolute Gasteiger partial charge is 0.272 e. The van der Waals surface area contributed by atoms with Gasteiger partial charge in [0.15, 0.2) is 11.4 Å². The monoisotopic (exact) mass is 567 g/mol. The van der Waals surface area contributed by atoms with Gasteiger partial charge < -0.3 is 19.9 Å². The van der Waals surface area contributed by atoms with Crippen LogP contribution in [0.4, 0.5) is 0 Å². The number of halogens is 3. The Balaban J connectivity index is 1.47. The van der Waals surface area contributed by atoms with Gasteiger partial charge in [0.1, 0.15) is 0 Å². The maximum Gasteiger partial charge on any atom is 0.272 e. The topological polar surface area (TPSA) is 93.6 Å². The van der Waals surface area contributed by atoms with Crippen molar-refractivity contribution in [1.82, 2.24) is 15.3 Å². The molecule has 0 aliphatic carbocycles. The third kappa shape index (κ3) is 7.55. The Labute approximate surface area is 228 Å². The Hall–Kier alpha value is -1.91. The van der Waals surface area contributed by atoms with E-state index in [0.29, 0.717) is 17.3 Å². The van der Waals surface area contributed by atoms with Gasteiger partial charge in [-0.25, -0.2) is 9.97 Å². The molecule has 3 unspecified atom stereocenters. The van der Waals surface area contributed by atoms with Crippen molar-refractivity contribution in [2.24, 2.45) is 0 Å². The highest BCUT2D eigenvalue weighted by molar-refractivity contribution is 7.99. The molecule has 2 N–H and O–H groups in total.